The molecule has 0 radical (unpaired) electrons. The lowest BCUT2D eigenvalue weighted by atomic mass is 10.1. The summed E-state index contributed by atoms with van der Waals surface area (Å²) in [6, 6.07) is 7.68. The second-order valence-electron chi connectivity index (χ2n) is 10.7. The van der Waals surface area contributed by atoms with Crippen LogP contribution in [0.1, 0.15) is 35.9 Å². The van der Waals surface area contributed by atoms with E-state index < -0.39 is 0 Å². The zero-order chi connectivity index (χ0) is 26.4. The van der Waals surface area contributed by atoms with Crippen LogP contribution < -0.4 is 25.9 Å². The van der Waals surface area contributed by atoms with Gasteiger partial charge in [0.05, 0.1) is 10.9 Å². The van der Waals surface area contributed by atoms with Crippen molar-refractivity contribution < 1.29 is 14.0 Å². The number of likely N-dealkylation sites (N-methyl/N-ethyl adjacent to an activating group) is 1. The molecule has 2 fully saturated rings. The molecular weight excluding hydrogens is 482 g/mol. The Kier molecular flexibility index (Phi) is 6.47. The van der Waals surface area contributed by atoms with Crippen LogP contribution in [0.25, 0.3) is 11.8 Å². The molecule has 0 bridgehead atoms. The lowest BCUT2D eigenvalue weighted by Crippen LogP contribution is -2.51. The predicted octanol–water partition coefficient (Wildman–Crippen LogP) is 0.441. The number of hydrogen-bond donors (Lipinski definition) is 0. The van der Waals surface area contributed by atoms with Gasteiger partial charge in [0.2, 0.25) is 5.91 Å². The van der Waals surface area contributed by atoms with E-state index in [0.717, 1.165) is 69.1 Å². The van der Waals surface area contributed by atoms with Gasteiger partial charge in [0.1, 0.15) is 0 Å². The van der Waals surface area contributed by atoms with Crippen LogP contribution in [0.5, 0.6) is 0 Å². The Hall–Kier alpha value is -3.59. The van der Waals surface area contributed by atoms with Gasteiger partial charge in [-0.3, -0.25) is 14.4 Å². The first-order valence-electron chi connectivity index (χ1n) is 13.7. The molecule has 0 saturated carbocycles. The van der Waals surface area contributed by atoms with E-state index >= 15 is 0 Å². The van der Waals surface area contributed by atoms with E-state index in [1.807, 2.05) is 11.0 Å². The Labute approximate surface area is 222 Å². The normalized spacial score (nSPS) is 19.8. The van der Waals surface area contributed by atoms with Crippen molar-refractivity contribution in [1.29, 1.82) is 0 Å². The molecule has 2 saturated heterocycles. The lowest BCUT2D eigenvalue weighted by molar-refractivity contribution is -0.116. The minimum atomic E-state index is -0.232. The molecule has 0 atom stereocenters. The van der Waals surface area contributed by atoms with Crippen molar-refractivity contribution in [1.82, 2.24) is 14.7 Å². The average Bonchev–Trinajstić information content (AvgIpc) is 3.37. The number of piperazine rings is 2. The van der Waals surface area contributed by atoms with Crippen LogP contribution >= 0.6 is 0 Å². The highest BCUT2D eigenvalue weighted by molar-refractivity contribution is 5.94. The van der Waals surface area contributed by atoms with Crippen molar-refractivity contribution in [3.63, 3.8) is 0 Å². The summed E-state index contributed by atoms with van der Waals surface area (Å²) in [7, 11) is 2.12. The molecule has 1 aliphatic carbocycles. The molecule has 2 amide bonds. The summed E-state index contributed by atoms with van der Waals surface area (Å²) >= 11 is 0. The molecule has 3 aliphatic heterocycles. The Morgan fingerprint density at radius 1 is 0.868 bits per heavy atom. The highest BCUT2D eigenvalue weighted by Gasteiger charge is 2.28. The summed E-state index contributed by atoms with van der Waals surface area (Å²) in [5.41, 5.74) is 4.73. The standard InChI is InChI=1S/C29H35N5O4/c1-20(35)34-9-8-21-6-7-22(18-25(21)34)31-14-16-33(17-15-31)29(37)27-19-26(36)23-4-3-5-24(28(23)38-27)32-12-10-30(2)11-13-32/h4,6-7,18-19H,3,5,8-17H2,1-2H3. The van der Waals surface area contributed by atoms with E-state index in [-0.39, 0.29) is 23.0 Å². The summed E-state index contributed by atoms with van der Waals surface area (Å²) < 4.78 is 6.22. The minimum absolute atomic E-state index is 0.0634. The number of benzene rings is 1. The third kappa shape index (κ3) is 4.49. The fraction of sp³-hybridized carbons (Fsp3) is 0.483. The van der Waals surface area contributed by atoms with Crippen molar-refractivity contribution in [2.45, 2.75) is 26.2 Å². The quantitative estimate of drug-likeness (QED) is 0.585. The summed E-state index contributed by atoms with van der Waals surface area (Å²) in [5, 5.41) is 0.586. The third-order valence-corrected chi connectivity index (χ3v) is 8.35. The van der Waals surface area contributed by atoms with E-state index in [4.69, 9.17) is 4.42 Å². The first kappa shape index (κ1) is 24.7. The highest BCUT2D eigenvalue weighted by Crippen LogP contribution is 2.32. The molecular formula is C29H35N5O4. The molecule has 0 spiro atoms. The monoisotopic (exact) mass is 517 g/mol. The number of nitrogens with zero attached hydrogens (tertiary/aromatic N) is 5. The molecule has 1 aromatic carbocycles. The van der Waals surface area contributed by atoms with Crippen LogP contribution in [-0.2, 0) is 11.2 Å². The van der Waals surface area contributed by atoms with E-state index in [0.29, 0.717) is 36.8 Å². The number of amides is 2. The van der Waals surface area contributed by atoms with Gasteiger partial charge < -0.3 is 28.9 Å². The van der Waals surface area contributed by atoms with Crippen LogP contribution in [0.15, 0.2) is 33.5 Å². The van der Waals surface area contributed by atoms with Gasteiger partial charge in [-0.25, -0.2) is 0 Å². The number of fused-ring (bicyclic) bond motifs is 2. The Balaban J connectivity index is 1.20. The first-order chi connectivity index (χ1) is 18.4. The number of rotatable bonds is 3. The van der Waals surface area contributed by atoms with Gasteiger partial charge >= 0.3 is 0 Å². The second kappa shape index (κ2) is 9.94. The van der Waals surface area contributed by atoms with Crippen molar-refractivity contribution in [3.05, 3.63) is 56.4 Å². The second-order valence-corrected chi connectivity index (χ2v) is 10.7. The van der Waals surface area contributed by atoms with Gasteiger partial charge in [-0.1, -0.05) is 12.1 Å². The maximum Gasteiger partial charge on any atom is 0.289 e. The van der Waals surface area contributed by atoms with E-state index in [1.54, 1.807) is 11.8 Å². The minimum Gasteiger partial charge on any atom is -0.449 e. The fourth-order valence-electron chi connectivity index (χ4n) is 6.08. The fourth-order valence-corrected chi connectivity index (χ4v) is 6.08. The van der Waals surface area contributed by atoms with Gasteiger partial charge in [-0.15, -0.1) is 0 Å². The molecule has 6 rings (SSSR count). The Morgan fingerprint density at radius 2 is 1.61 bits per heavy atom. The summed E-state index contributed by atoms with van der Waals surface area (Å²) in [6.07, 6.45) is 4.45. The zero-order valence-electron chi connectivity index (χ0n) is 22.2. The van der Waals surface area contributed by atoms with Crippen molar-refractivity contribution >= 4 is 35.0 Å². The summed E-state index contributed by atoms with van der Waals surface area (Å²) in [5.74, 6) is -0.0446. The molecule has 0 N–H and O–H groups in total. The maximum absolute atomic E-state index is 13.5. The summed E-state index contributed by atoms with van der Waals surface area (Å²) in [6.45, 7) is 8.47. The molecule has 4 aliphatic rings. The molecule has 38 heavy (non-hydrogen) atoms. The highest BCUT2D eigenvalue weighted by atomic mass is 16.3. The van der Waals surface area contributed by atoms with Crippen molar-refractivity contribution in [2.75, 3.05) is 75.8 Å². The smallest absolute Gasteiger partial charge is 0.289 e. The molecule has 1 aromatic heterocycles. The number of carbonyl (C=O) groups excluding carboxylic acids is 2. The molecule has 4 heterocycles. The van der Waals surface area contributed by atoms with Crippen LogP contribution in [-0.4, -0.2) is 92.5 Å². The molecule has 0 unspecified atom stereocenters. The predicted molar refractivity (Wildman–Crippen MR) is 147 cm³/mol. The van der Waals surface area contributed by atoms with Crippen LogP contribution in [0, 0.1) is 0 Å². The Bertz CT molecular complexity index is 1450. The van der Waals surface area contributed by atoms with Crippen LogP contribution in [0.3, 0.4) is 0 Å². The van der Waals surface area contributed by atoms with Gasteiger partial charge in [-0.05, 0) is 44.0 Å². The van der Waals surface area contributed by atoms with Crippen LogP contribution in [0.2, 0.25) is 0 Å². The SMILES string of the molecule is CC(=O)N1CCc2ccc(N3CCN(C(=O)c4cc(=O)c5c(o4)=C(N4CCN(C)CC4)CCC=5)CC3)cc21. The van der Waals surface area contributed by atoms with Crippen molar-refractivity contribution in [2.24, 2.45) is 0 Å². The van der Waals surface area contributed by atoms with E-state index in [1.165, 1.54) is 11.6 Å². The topological polar surface area (TPSA) is 80.5 Å². The van der Waals surface area contributed by atoms with E-state index in [2.05, 4.69) is 39.9 Å². The average molecular weight is 518 g/mol. The molecule has 9 nitrogen and oxygen atoms in total. The number of hydrogen-bond acceptors (Lipinski definition) is 7. The molecule has 2 aromatic rings. The number of carbonyl (C=O) groups is 2. The van der Waals surface area contributed by atoms with Gasteiger partial charge in [0.15, 0.2) is 16.6 Å². The van der Waals surface area contributed by atoms with Gasteiger partial charge in [0.25, 0.3) is 5.91 Å². The maximum atomic E-state index is 13.5. The molecule has 200 valence electrons. The lowest BCUT2D eigenvalue weighted by Gasteiger charge is -2.36. The first-order valence-corrected chi connectivity index (χ1v) is 13.7. The van der Waals surface area contributed by atoms with Crippen LogP contribution in [0.4, 0.5) is 11.4 Å². The van der Waals surface area contributed by atoms with Gasteiger partial charge in [-0.2, -0.15) is 0 Å². The zero-order valence-corrected chi connectivity index (χ0v) is 22.2. The Morgan fingerprint density at radius 3 is 2.34 bits per heavy atom. The third-order valence-electron chi connectivity index (χ3n) is 8.35. The largest absolute Gasteiger partial charge is 0.449 e. The van der Waals surface area contributed by atoms with Crippen molar-refractivity contribution in [3.8, 4) is 0 Å². The number of anilines is 2. The van der Waals surface area contributed by atoms with Gasteiger partial charge in [0, 0.05) is 83.3 Å². The molecule has 9 heteroatoms. The summed E-state index contributed by atoms with van der Waals surface area (Å²) in [4.78, 5) is 49.0. The van der Waals surface area contributed by atoms with E-state index in [9.17, 15) is 14.4 Å².